The van der Waals surface area contributed by atoms with E-state index in [1.165, 1.54) is 12.1 Å². The molecule has 0 fully saturated rings. The molecular formula is C19H23FN2O3S. The van der Waals surface area contributed by atoms with E-state index >= 15 is 0 Å². The lowest BCUT2D eigenvalue weighted by Crippen LogP contribution is -2.43. The van der Waals surface area contributed by atoms with E-state index in [-0.39, 0.29) is 23.4 Å². The third-order valence-electron chi connectivity index (χ3n) is 3.86. The molecule has 0 aliphatic rings. The van der Waals surface area contributed by atoms with Crippen LogP contribution in [0.4, 0.5) is 10.1 Å². The van der Waals surface area contributed by atoms with E-state index < -0.39 is 15.8 Å². The van der Waals surface area contributed by atoms with E-state index in [1.54, 1.807) is 30.3 Å². The van der Waals surface area contributed by atoms with Gasteiger partial charge in [0.25, 0.3) is 10.0 Å². The van der Waals surface area contributed by atoms with Crippen LogP contribution in [0.3, 0.4) is 0 Å². The molecule has 0 aliphatic heterocycles. The second-order valence-corrected chi connectivity index (χ2v) is 7.92. The number of nitrogens with zero attached hydrogens (tertiary/aromatic N) is 1. The summed E-state index contributed by atoms with van der Waals surface area (Å²) in [5.41, 5.74) is 0.370. The number of carbonyl (C=O) groups is 1. The molecule has 26 heavy (non-hydrogen) atoms. The highest BCUT2D eigenvalue weighted by Crippen LogP contribution is 2.23. The fourth-order valence-electron chi connectivity index (χ4n) is 2.60. The van der Waals surface area contributed by atoms with Crippen LogP contribution in [0.5, 0.6) is 0 Å². The number of carbonyl (C=O) groups excluding carboxylic acids is 1. The maximum absolute atomic E-state index is 13.2. The van der Waals surface area contributed by atoms with Crippen LogP contribution in [0, 0.1) is 5.82 Å². The number of sulfonamides is 1. The van der Waals surface area contributed by atoms with Gasteiger partial charge in [-0.3, -0.25) is 9.10 Å². The Kier molecular flexibility index (Phi) is 6.74. The first kappa shape index (κ1) is 19.9. The van der Waals surface area contributed by atoms with Gasteiger partial charge in [0, 0.05) is 6.04 Å². The largest absolute Gasteiger partial charge is 0.352 e. The predicted octanol–water partition coefficient (Wildman–Crippen LogP) is 3.33. The van der Waals surface area contributed by atoms with E-state index in [0.29, 0.717) is 5.69 Å². The van der Waals surface area contributed by atoms with E-state index in [0.717, 1.165) is 29.3 Å². The number of hydrogen-bond acceptors (Lipinski definition) is 3. The number of rotatable bonds is 8. The molecule has 5 nitrogen and oxygen atoms in total. The van der Waals surface area contributed by atoms with E-state index in [2.05, 4.69) is 5.32 Å². The van der Waals surface area contributed by atoms with Crippen LogP contribution in [-0.2, 0) is 14.8 Å². The zero-order chi connectivity index (χ0) is 19.2. The summed E-state index contributed by atoms with van der Waals surface area (Å²) in [5, 5.41) is 2.81. The van der Waals surface area contributed by atoms with Gasteiger partial charge in [0.2, 0.25) is 5.91 Å². The van der Waals surface area contributed by atoms with Gasteiger partial charge < -0.3 is 5.32 Å². The molecule has 0 bridgehead atoms. The van der Waals surface area contributed by atoms with Gasteiger partial charge >= 0.3 is 0 Å². The Bertz CT molecular complexity index is 824. The number of halogens is 1. The fourth-order valence-corrected chi connectivity index (χ4v) is 4.02. The Morgan fingerprint density at radius 3 is 2.31 bits per heavy atom. The Labute approximate surface area is 153 Å². The number of hydrogen-bond donors (Lipinski definition) is 1. The molecule has 0 radical (unpaired) electrons. The van der Waals surface area contributed by atoms with Crippen LogP contribution in [-0.4, -0.2) is 26.9 Å². The molecule has 0 aromatic heterocycles. The quantitative estimate of drug-likeness (QED) is 0.766. The highest BCUT2D eigenvalue weighted by molar-refractivity contribution is 7.92. The third-order valence-corrected chi connectivity index (χ3v) is 5.65. The summed E-state index contributed by atoms with van der Waals surface area (Å²) >= 11 is 0. The molecule has 0 saturated heterocycles. The molecule has 0 aliphatic carbocycles. The van der Waals surface area contributed by atoms with Crippen LogP contribution in [0.2, 0.25) is 0 Å². The van der Waals surface area contributed by atoms with Crippen LogP contribution in [0.1, 0.15) is 26.7 Å². The number of anilines is 1. The second-order valence-electron chi connectivity index (χ2n) is 6.06. The zero-order valence-corrected chi connectivity index (χ0v) is 15.7. The Hall–Kier alpha value is -2.41. The molecule has 2 aromatic rings. The Balaban J connectivity index is 2.33. The lowest BCUT2D eigenvalue weighted by Gasteiger charge is -2.25. The van der Waals surface area contributed by atoms with Gasteiger partial charge in [0.1, 0.15) is 12.4 Å². The van der Waals surface area contributed by atoms with Crippen LogP contribution < -0.4 is 9.62 Å². The van der Waals surface area contributed by atoms with Crippen LogP contribution >= 0.6 is 0 Å². The van der Waals surface area contributed by atoms with Gasteiger partial charge in [0.05, 0.1) is 10.6 Å². The first-order valence-electron chi connectivity index (χ1n) is 8.47. The normalized spacial score (nSPS) is 12.4. The highest BCUT2D eigenvalue weighted by Gasteiger charge is 2.27. The molecule has 1 amide bonds. The van der Waals surface area contributed by atoms with Crippen molar-refractivity contribution in [2.75, 3.05) is 10.8 Å². The van der Waals surface area contributed by atoms with Gasteiger partial charge in [-0.15, -0.1) is 0 Å². The molecule has 1 N–H and O–H groups in total. The molecular weight excluding hydrogens is 355 g/mol. The molecule has 2 aromatic carbocycles. The smallest absolute Gasteiger partial charge is 0.264 e. The molecule has 0 unspecified atom stereocenters. The minimum absolute atomic E-state index is 0.0429. The van der Waals surface area contributed by atoms with Crippen molar-refractivity contribution in [2.24, 2.45) is 0 Å². The van der Waals surface area contributed by atoms with Crippen molar-refractivity contribution in [2.45, 2.75) is 37.6 Å². The molecule has 0 spiro atoms. The van der Waals surface area contributed by atoms with Gasteiger partial charge in [-0.25, -0.2) is 12.8 Å². The van der Waals surface area contributed by atoms with Gasteiger partial charge in [-0.1, -0.05) is 31.5 Å². The first-order chi connectivity index (χ1) is 12.3. The van der Waals surface area contributed by atoms with Gasteiger partial charge in [0.15, 0.2) is 0 Å². The van der Waals surface area contributed by atoms with Crippen molar-refractivity contribution in [1.29, 1.82) is 0 Å². The topological polar surface area (TPSA) is 66.5 Å². The monoisotopic (exact) mass is 378 g/mol. The lowest BCUT2D eigenvalue weighted by atomic mass is 10.2. The Morgan fingerprint density at radius 2 is 1.73 bits per heavy atom. The minimum atomic E-state index is -4.01. The number of amides is 1. The highest BCUT2D eigenvalue weighted by atomic mass is 32.2. The van der Waals surface area contributed by atoms with Gasteiger partial charge in [-0.05, 0) is 49.7 Å². The second kappa shape index (κ2) is 8.80. The van der Waals surface area contributed by atoms with Gasteiger partial charge in [-0.2, -0.15) is 0 Å². The summed E-state index contributed by atoms with van der Waals surface area (Å²) in [6.07, 6.45) is 1.72. The summed E-state index contributed by atoms with van der Waals surface area (Å²) in [5.74, 6) is -0.915. The number of nitrogens with one attached hydrogen (secondary N) is 1. The summed E-state index contributed by atoms with van der Waals surface area (Å²) in [6, 6.07) is 12.9. The predicted molar refractivity (Wildman–Crippen MR) is 99.9 cm³/mol. The molecule has 0 heterocycles. The molecule has 140 valence electrons. The molecule has 1 atom stereocenters. The zero-order valence-electron chi connectivity index (χ0n) is 14.9. The maximum atomic E-state index is 13.2. The van der Waals surface area contributed by atoms with Crippen molar-refractivity contribution in [3.05, 3.63) is 60.4 Å². The number of benzene rings is 2. The van der Waals surface area contributed by atoms with Crippen molar-refractivity contribution in [1.82, 2.24) is 5.32 Å². The minimum Gasteiger partial charge on any atom is -0.352 e. The molecule has 7 heteroatoms. The number of para-hydroxylation sites is 1. The van der Waals surface area contributed by atoms with Crippen molar-refractivity contribution in [3.8, 4) is 0 Å². The van der Waals surface area contributed by atoms with Crippen molar-refractivity contribution >= 4 is 21.6 Å². The Morgan fingerprint density at radius 1 is 1.12 bits per heavy atom. The first-order valence-corrected chi connectivity index (χ1v) is 9.91. The summed E-state index contributed by atoms with van der Waals surface area (Å²) in [6.45, 7) is 3.54. The van der Waals surface area contributed by atoms with Crippen LogP contribution in [0.15, 0.2) is 59.5 Å². The fraction of sp³-hybridized carbons (Fsp3) is 0.316. The maximum Gasteiger partial charge on any atom is 0.264 e. The summed E-state index contributed by atoms with van der Waals surface area (Å²) < 4.78 is 40.2. The summed E-state index contributed by atoms with van der Waals surface area (Å²) in [7, 11) is -4.01. The van der Waals surface area contributed by atoms with E-state index in [1.807, 2.05) is 13.8 Å². The van der Waals surface area contributed by atoms with E-state index in [9.17, 15) is 17.6 Å². The lowest BCUT2D eigenvalue weighted by molar-refractivity contribution is -0.120. The van der Waals surface area contributed by atoms with Crippen molar-refractivity contribution in [3.63, 3.8) is 0 Å². The average molecular weight is 378 g/mol. The SMILES string of the molecule is CCC[C@H](C)NC(=O)CN(c1ccccc1)S(=O)(=O)c1ccc(F)cc1. The average Bonchev–Trinajstić information content (AvgIpc) is 2.61. The summed E-state index contributed by atoms with van der Waals surface area (Å²) in [4.78, 5) is 12.3. The third kappa shape index (κ3) is 5.05. The molecule has 2 rings (SSSR count). The molecule has 0 saturated carbocycles. The van der Waals surface area contributed by atoms with Crippen LogP contribution in [0.25, 0.3) is 0 Å². The standard InChI is InChI=1S/C19H23FN2O3S/c1-3-7-15(2)21-19(23)14-22(17-8-5-4-6-9-17)26(24,25)18-12-10-16(20)11-13-18/h4-6,8-13,15H,3,7,14H2,1-2H3,(H,21,23)/t15-/m0/s1. The van der Waals surface area contributed by atoms with Crippen molar-refractivity contribution < 1.29 is 17.6 Å². The van der Waals surface area contributed by atoms with E-state index in [4.69, 9.17) is 0 Å².